The minimum absolute atomic E-state index is 0.725. The first-order valence-corrected chi connectivity index (χ1v) is 7.44. The molecule has 0 saturated carbocycles. The van der Waals surface area contributed by atoms with E-state index in [1.165, 1.54) is 16.1 Å². The zero-order valence-electron chi connectivity index (χ0n) is 11.3. The summed E-state index contributed by atoms with van der Waals surface area (Å²) in [4.78, 5) is 4.65. The van der Waals surface area contributed by atoms with Crippen molar-refractivity contribution in [3.8, 4) is 11.3 Å². The molecule has 0 unspecified atom stereocenters. The predicted molar refractivity (Wildman–Crippen MR) is 80.5 cm³/mol. The number of nitrogens with zero attached hydrogens (tertiary/aromatic N) is 1. The van der Waals surface area contributed by atoms with Gasteiger partial charge < -0.3 is 10.5 Å². The second-order valence-electron chi connectivity index (χ2n) is 4.46. The fraction of sp³-hybridized carbons (Fsp3) is 0.400. The van der Waals surface area contributed by atoms with E-state index in [1.54, 1.807) is 18.4 Å². The van der Waals surface area contributed by atoms with Crippen molar-refractivity contribution in [2.45, 2.75) is 19.3 Å². The molecule has 0 fully saturated rings. The van der Waals surface area contributed by atoms with Gasteiger partial charge in [0, 0.05) is 24.5 Å². The zero-order chi connectivity index (χ0) is 13.5. The highest BCUT2D eigenvalue weighted by Gasteiger charge is 2.04. The van der Waals surface area contributed by atoms with Crippen LogP contribution in [0.2, 0.25) is 0 Å². The topological polar surface area (TPSA) is 48.1 Å². The molecule has 0 spiro atoms. The molecule has 1 heterocycles. The molecule has 2 aromatic rings. The first-order valence-electron chi connectivity index (χ1n) is 6.56. The van der Waals surface area contributed by atoms with Crippen molar-refractivity contribution in [1.82, 2.24) is 4.98 Å². The molecule has 0 saturated heterocycles. The fourth-order valence-electron chi connectivity index (χ4n) is 1.87. The monoisotopic (exact) mass is 276 g/mol. The number of rotatable bonds is 7. The highest BCUT2D eigenvalue weighted by molar-refractivity contribution is 7.09. The van der Waals surface area contributed by atoms with Crippen LogP contribution in [0.15, 0.2) is 29.6 Å². The van der Waals surface area contributed by atoms with Gasteiger partial charge in [-0.05, 0) is 24.9 Å². The molecule has 102 valence electrons. The lowest BCUT2D eigenvalue weighted by molar-refractivity contribution is 0.202. The molecule has 0 aliphatic rings. The standard InChI is InChI=1S/C15H20N2OS/c1-18-10-8-12-4-6-13(7-5-12)14-11-19-15(17-14)3-2-9-16/h4-7,11H,2-3,8-10,16H2,1H3. The maximum absolute atomic E-state index is 5.52. The minimum atomic E-state index is 0.725. The lowest BCUT2D eigenvalue weighted by Crippen LogP contribution is -1.99. The van der Waals surface area contributed by atoms with Gasteiger partial charge in [-0.3, -0.25) is 0 Å². The summed E-state index contributed by atoms with van der Waals surface area (Å²) in [5.41, 5.74) is 9.06. The number of thiazole rings is 1. The molecule has 0 aliphatic carbocycles. The van der Waals surface area contributed by atoms with Gasteiger partial charge in [-0.25, -0.2) is 4.98 Å². The fourth-order valence-corrected chi connectivity index (χ4v) is 2.72. The summed E-state index contributed by atoms with van der Waals surface area (Å²) >= 11 is 1.72. The van der Waals surface area contributed by atoms with E-state index in [0.717, 1.165) is 38.1 Å². The normalized spacial score (nSPS) is 10.8. The van der Waals surface area contributed by atoms with Crippen LogP contribution >= 0.6 is 11.3 Å². The Morgan fingerprint density at radius 3 is 2.68 bits per heavy atom. The maximum atomic E-state index is 5.52. The number of hydrogen-bond acceptors (Lipinski definition) is 4. The predicted octanol–water partition coefficient (Wildman–Crippen LogP) is 2.89. The van der Waals surface area contributed by atoms with E-state index in [9.17, 15) is 0 Å². The lowest BCUT2D eigenvalue weighted by Gasteiger charge is -2.02. The molecule has 4 heteroatoms. The number of benzene rings is 1. The molecule has 2 N–H and O–H groups in total. The number of nitrogens with two attached hydrogens (primary N) is 1. The summed E-state index contributed by atoms with van der Waals surface area (Å²) in [5, 5.41) is 3.29. The van der Waals surface area contributed by atoms with Gasteiger partial charge >= 0.3 is 0 Å². The van der Waals surface area contributed by atoms with Gasteiger partial charge in [0.05, 0.1) is 17.3 Å². The highest BCUT2D eigenvalue weighted by Crippen LogP contribution is 2.23. The van der Waals surface area contributed by atoms with E-state index < -0.39 is 0 Å². The maximum Gasteiger partial charge on any atom is 0.0933 e. The number of hydrogen-bond donors (Lipinski definition) is 1. The second kappa shape index (κ2) is 7.38. The van der Waals surface area contributed by atoms with Crippen molar-refractivity contribution in [3.63, 3.8) is 0 Å². The smallest absolute Gasteiger partial charge is 0.0933 e. The third kappa shape index (κ3) is 4.13. The van der Waals surface area contributed by atoms with Gasteiger partial charge in [0.2, 0.25) is 0 Å². The van der Waals surface area contributed by atoms with Gasteiger partial charge in [-0.1, -0.05) is 24.3 Å². The van der Waals surface area contributed by atoms with Crippen molar-refractivity contribution in [3.05, 3.63) is 40.2 Å². The molecular weight excluding hydrogens is 256 g/mol. The van der Waals surface area contributed by atoms with Crippen molar-refractivity contribution in [2.24, 2.45) is 5.73 Å². The number of ether oxygens (including phenoxy) is 1. The van der Waals surface area contributed by atoms with Crippen LogP contribution in [0.5, 0.6) is 0 Å². The van der Waals surface area contributed by atoms with Gasteiger partial charge in [-0.2, -0.15) is 0 Å². The number of aromatic nitrogens is 1. The molecular formula is C15H20N2OS. The molecule has 1 aromatic carbocycles. The first-order chi connectivity index (χ1) is 9.33. The summed E-state index contributed by atoms with van der Waals surface area (Å²) in [6, 6.07) is 8.56. The Bertz CT molecular complexity index is 493. The average Bonchev–Trinajstić information content (AvgIpc) is 2.92. The summed E-state index contributed by atoms with van der Waals surface area (Å²) in [7, 11) is 1.73. The Morgan fingerprint density at radius 1 is 1.21 bits per heavy atom. The van der Waals surface area contributed by atoms with E-state index in [-0.39, 0.29) is 0 Å². The molecule has 2 rings (SSSR count). The Balaban J connectivity index is 2.02. The van der Waals surface area contributed by atoms with Crippen molar-refractivity contribution in [1.29, 1.82) is 0 Å². The lowest BCUT2D eigenvalue weighted by atomic mass is 10.1. The Kier molecular flexibility index (Phi) is 5.51. The molecule has 0 aliphatic heterocycles. The van der Waals surface area contributed by atoms with Crippen LogP contribution in [-0.4, -0.2) is 25.2 Å². The Hall–Kier alpha value is -1.23. The van der Waals surface area contributed by atoms with Crippen molar-refractivity contribution in [2.75, 3.05) is 20.3 Å². The third-order valence-electron chi connectivity index (χ3n) is 2.99. The van der Waals surface area contributed by atoms with Gasteiger partial charge in [-0.15, -0.1) is 11.3 Å². The van der Waals surface area contributed by atoms with Crippen LogP contribution in [0.3, 0.4) is 0 Å². The van der Waals surface area contributed by atoms with E-state index >= 15 is 0 Å². The minimum Gasteiger partial charge on any atom is -0.384 e. The van der Waals surface area contributed by atoms with Crippen LogP contribution in [0.1, 0.15) is 17.0 Å². The largest absolute Gasteiger partial charge is 0.384 e. The van der Waals surface area contributed by atoms with Crippen LogP contribution in [-0.2, 0) is 17.6 Å². The molecule has 19 heavy (non-hydrogen) atoms. The van der Waals surface area contributed by atoms with E-state index in [4.69, 9.17) is 10.5 Å². The first kappa shape index (κ1) is 14.2. The highest BCUT2D eigenvalue weighted by atomic mass is 32.1. The van der Waals surface area contributed by atoms with Crippen molar-refractivity contribution < 1.29 is 4.74 Å². The van der Waals surface area contributed by atoms with E-state index in [0.29, 0.717) is 0 Å². The summed E-state index contributed by atoms with van der Waals surface area (Å²) in [6.07, 6.45) is 2.94. The molecule has 0 radical (unpaired) electrons. The zero-order valence-corrected chi connectivity index (χ0v) is 12.1. The van der Waals surface area contributed by atoms with Gasteiger partial charge in [0.1, 0.15) is 0 Å². The summed E-state index contributed by atoms with van der Waals surface area (Å²) < 4.78 is 5.08. The second-order valence-corrected chi connectivity index (χ2v) is 5.40. The van der Waals surface area contributed by atoms with Crippen molar-refractivity contribution >= 4 is 11.3 Å². The van der Waals surface area contributed by atoms with E-state index in [1.807, 2.05) is 0 Å². The molecule has 0 atom stereocenters. The van der Waals surface area contributed by atoms with Crippen LogP contribution in [0, 0.1) is 0 Å². The van der Waals surface area contributed by atoms with Crippen LogP contribution in [0.4, 0.5) is 0 Å². The van der Waals surface area contributed by atoms with Crippen LogP contribution in [0.25, 0.3) is 11.3 Å². The molecule has 0 amide bonds. The Morgan fingerprint density at radius 2 is 2.00 bits per heavy atom. The van der Waals surface area contributed by atoms with Gasteiger partial charge in [0.25, 0.3) is 0 Å². The number of aryl methyl sites for hydroxylation is 1. The SMILES string of the molecule is COCCc1ccc(-c2csc(CCCN)n2)cc1. The molecule has 3 nitrogen and oxygen atoms in total. The Labute approximate surface area is 118 Å². The molecule has 0 bridgehead atoms. The molecule has 1 aromatic heterocycles. The van der Waals surface area contributed by atoms with Crippen LogP contribution < -0.4 is 5.73 Å². The summed E-state index contributed by atoms with van der Waals surface area (Å²) in [6.45, 7) is 1.49. The average molecular weight is 276 g/mol. The quantitative estimate of drug-likeness (QED) is 0.846. The van der Waals surface area contributed by atoms with Gasteiger partial charge in [0.15, 0.2) is 0 Å². The van der Waals surface area contributed by atoms with E-state index in [2.05, 4.69) is 34.6 Å². The number of methoxy groups -OCH3 is 1. The third-order valence-corrected chi connectivity index (χ3v) is 3.90. The summed E-state index contributed by atoms with van der Waals surface area (Å²) in [5.74, 6) is 0.